The van der Waals surface area contributed by atoms with Gasteiger partial charge < -0.3 is 5.11 Å². The Balaban J connectivity index is 2.60. The number of carboxylic acid groups (broad SMARTS) is 1. The monoisotopic (exact) mass is 243 g/mol. The first kappa shape index (κ1) is 12.6. The van der Waals surface area contributed by atoms with E-state index in [1.165, 1.54) is 5.56 Å². The molecule has 1 aromatic heterocycles. The van der Waals surface area contributed by atoms with Crippen LogP contribution in [0.3, 0.4) is 0 Å². The topological polar surface area (TPSA) is 50.2 Å². The smallest absolute Gasteiger partial charge is 0.303 e. The van der Waals surface area contributed by atoms with Crippen molar-refractivity contribution in [2.45, 2.75) is 33.6 Å². The summed E-state index contributed by atoms with van der Waals surface area (Å²) in [5.41, 5.74) is 5.33. The number of carboxylic acids is 1. The summed E-state index contributed by atoms with van der Waals surface area (Å²) in [5.74, 6) is -0.762. The molecule has 2 aromatic rings. The fourth-order valence-electron chi connectivity index (χ4n) is 2.44. The molecule has 0 aliphatic carbocycles. The van der Waals surface area contributed by atoms with E-state index in [-0.39, 0.29) is 6.42 Å². The van der Waals surface area contributed by atoms with Gasteiger partial charge in [0.25, 0.3) is 0 Å². The highest BCUT2D eigenvalue weighted by atomic mass is 16.4. The highest BCUT2D eigenvalue weighted by Gasteiger charge is 2.09. The number of aromatic nitrogens is 1. The summed E-state index contributed by atoms with van der Waals surface area (Å²) in [4.78, 5) is 15.3. The summed E-state index contributed by atoms with van der Waals surface area (Å²) in [7, 11) is 0. The van der Waals surface area contributed by atoms with Crippen LogP contribution in [0.4, 0.5) is 0 Å². The number of rotatable bonds is 3. The number of pyridine rings is 1. The Morgan fingerprint density at radius 2 is 1.94 bits per heavy atom. The van der Waals surface area contributed by atoms with Gasteiger partial charge in [-0.05, 0) is 56.0 Å². The van der Waals surface area contributed by atoms with Gasteiger partial charge in [0.15, 0.2) is 0 Å². The average molecular weight is 243 g/mol. The molecular weight excluding hydrogens is 226 g/mol. The number of nitrogens with zero attached hydrogens (tertiary/aromatic N) is 1. The van der Waals surface area contributed by atoms with Crippen molar-refractivity contribution in [1.29, 1.82) is 0 Å². The van der Waals surface area contributed by atoms with Gasteiger partial charge in [-0.3, -0.25) is 9.78 Å². The second kappa shape index (κ2) is 4.77. The van der Waals surface area contributed by atoms with Gasteiger partial charge in [-0.25, -0.2) is 0 Å². The van der Waals surface area contributed by atoms with Gasteiger partial charge in [-0.1, -0.05) is 6.07 Å². The zero-order valence-electron chi connectivity index (χ0n) is 10.9. The van der Waals surface area contributed by atoms with Gasteiger partial charge in [0.2, 0.25) is 0 Å². The van der Waals surface area contributed by atoms with E-state index in [1.54, 1.807) is 0 Å². The lowest BCUT2D eigenvalue weighted by Crippen LogP contribution is -2.00. The van der Waals surface area contributed by atoms with Crippen LogP contribution in [0.1, 0.15) is 28.8 Å². The minimum absolute atomic E-state index is 0.159. The molecule has 0 saturated carbocycles. The highest BCUT2D eigenvalue weighted by Crippen LogP contribution is 2.24. The molecule has 0 radical (unpaired) electrons. The molecule has 3 nitrogen and oxygen atoms in total. The molecule has 0 amide bonds. The number of hydrogen-bond donors (Lipinski definition) is 1. The van der Waals surface area contributed by atoms with Crippen LogP contribution in [0, 0.1) is 20.8 Å². The number of aliphatic carboxylic acids is 1. The Bertz CT molecular complexity index is 612. The molecule has 1 aromatic carbocycles. The predicted octanol–water partition coefficient (Wildman–Crippen LogP) is 3.18. The zero-order chi connectivity index (χ0) is 13.3. The number of carbonyl (C=O) groups is 1. The first-order chi connectivity index (χ1) is 8.47. The van der Waals surface area contributed by atoms with Crippen molar-refractivity contribution in [3.63, 3.8) is 0 Å². The molecule has 0 fully saturated rings. The molecule has 0 aliphatic heterocycles. The molecule has 0 atom stereocenters. The van der Waals surface area contributed by atoms with Crippen molar-refractivity contribution in [3.8, 4) is 0 Å². The molecule has 0 aliphatic rings. The van der Waals surface area contributed by atoms with Gasteiger partial charge in [-0.15, -0.1) is 0 Å². The van der Waals surface area contributed by atoms with E-state index in [4.69, 9.17) is 5.11 Å². The van der Waals surface area contributed by atoms with Crippen molar-refractivity contribution in [2.24, 2.45) is 0 Å². The first-order valence-corrected chi connectivity index (χ1v) is 6.06. The molecule has 0 saturated heterocycles. The van der Waals surface area contributed by atoms with Crippen LogP contribution in [-0.4, -0.2) is 16.1 Å². The normalized spacial score (nSPS) is 10.8. The third-order valence-electron chi connectivity index (χ3n) is 3.07. The Morgan fingerprint density at radius 3 is 2.61 bits per heavy atom. The number of hydrogen-bond acceptors (Lipinski definition) is 2. The molecule has 94 valence electrons. The lowest BCUT2D eigenvalue weighted by Gasteiger charge is -2.10. The quantitative estimate of drug-likeness (QED) is 0.900. The third kappa shape index (κ3) is 2.50. The van der Waals surface area contributed by atoms with Gasteiger partial charge >= 0.3 is 5.97 Å². The lowest BCUT2D eigenvalue weighted by molar-refractivity contribution is -0.136. The maximum Gasteiger partial charge on any atom is 0.303 e. The fraction of sp³-hybridized carbons (Fsp3) is 0.333. The number of benzene rings is 1. The van der Waals surface area contributed by atoms with E-state index in [9.17, 15) is 4.79 Å². The maximum absolute atomic E-state index is 10.7. The van der Waals surface area contributed by atoms with Gasteiger partial charge in [0, 0.05) is 17.5 Å². The van der Waals surface area contributed by atoms with E-state index in [1.807, 2.05) is 19.9 Å². The molecular formula is C15H17NO2. The lowest BCUT2D eigenvalue weighted by atomic mass is 9.98. The molecule has 3 heteroatoms. The average Bonchev–Trinajstić information content (AvgIpc) is 2.24. The number of fused-ring (bicyclic) bond motifs is 1. The zero-order valence-corrected chi connectivity index (χ0v) is 10.9. The Labute approximate surface area is 106 Å². The maximum atomic E-state index is 10.7. The molecule has 1 N–H and O–H groups in total. The van der Waals surface area contributed by atoms with E-state index in [2.05, 4.69) is 24.0 Å². The Kier molecular flexibility index (Phi) is 3.32. The summed E-state index contributed by atoms with van der Waals surface area (Å²) in [5, 5.41) is 9.92. The standard InChI is InChI=1S/C15H17NO2/c1-9-6-10(2)15-12(4-5-14(17)18)8-11(3)16-13(15)7-9/h6-8H,4-5H2,1-3H3,(H,17,18). The second-order valence-corrected chi connectivity index (χ2v) is 4.79. The van der Waals surface area contributed by atoms with Crippen molar-refractivity contribution < 1.29 is 9.90 Å². The highest BCUT2D eigenvalue weighted by molar-refractivity contribution is 5.86. The van der Waals surface area contributed by atoms with Crippen molar-refractivity contribution in [1.82, 2.24) is 4.98 Å². The summed E-state index contributed by atoms with van der Waals surface area (Å²) < 4.78 is 0. The van der Waals surface area contributed by atoms with Crippen LogP contribution in [-0.2, 0) is 11.2 Å². The van der Waals surface area contributed by atoms with E-state index in [0.29, 0.717) is 6.42 Å². The number of aryl methyl sites for hydroxylation is 4. The Morgan fingerprint density at radius 1 is 1.22 bits per heavy atom. The summed E-state index contributed by atoms with van der Waals surface area (Å²) in [6.45, 7) is 6.05. The molecule has 0 unspecified atom stereocenters. The Hall–Kier alpha value is -1.90. The van der Waals surface area contributed by atoms with Crippen LogP contribution in [0.25, 0.3) is 10.9 Å². The van der Waals surface area contributed by atoms with E-state index < -0.39 is 5.97 Å². The van der Waals surface area contributed by atoms with Gasteiger partial charge in [0.05, 0.1) is 5.52 Å². The third-order valence-corrected chi connectivity index (χ3v) is 3.07. The van der Waals surface area contributed by atoms with Crippen LogP contribution in [0.15, 0.2) is 18.2 Å². The van der Waals surface area contributed by atoms with Crippen LogP contribution in [0.2, 0.25) is 0 Å². The molecule has 18 heavy (non-hydrogen) atoms. The van der Waals surface area contributed by atoms with Crippen LogP contribution in [0.5, 0.6) is 0 Å². The summed E-state index contributed by atoms with van der Waals surface area (Å²) >= 11 is 0. The van der Waals surface area contributed by atoms with E-state index >= 15 is 0 Å². The predicted molar refractivity (Wildman–Crippen MR) is 71.9 cm³/mol. The minimum atomic E-state index is -0.762. The molecule has 2 rings (SSSR count). The summed E-state index contributed by atoms with van der Waals surface area (Å²) in [6.07, 6.45) is 0.713. The van der Waals surface area contributed by atoms with Crippen LogP contribution < -0.4 is 0 Å². The SMILES string of the molecule is Cc1cc(C)c2c(CCC(=O)O)cc(C)nc2c1. The molecule has 0 bridgehead atoms. The molecule has 0 spiro atoms. The van der Waals surface area contributed by atoms with Gasteiger partial charge in [0.1, 0.15) is 0 Å². The summed E-state index contributed by atoms with van der Waals surface area (Å²) in [6, 6.07) is 6.16. The fourth-order valence-corrected chi connectivity index (χ4v) is 2.44. The van der Waals surface area contributed by atoms with Crippen molar-refractivity contribution >= 4 is 16.9 Å². The first-order valence-electron chi connectivity index (χ1n) is 6.06. The second-order valence-electron chi connectivity index (χ2n) is 4.79. The minimum Gasteiger partial charge on any atom is -0.481 e. The van der Waals surface area contributed by atoms with Crippen LogP contribution >= 0.6 is 0 Å². The molecule has 1 heterocycles. The van der Waals surface area contributed by atoms with Gasteiger partial charge in [-0.2, -0.15) is 0 Å². The van der Waals surface area contributed by atoms with Crippen molar-refractivity contribution in [2.75, 3.05) is 0 Å². The largest absolute Gasteiger partial charge is 0.481 e. The van der Waals surface area contributed by atoms with Crippen molar-refractivity contribution in [3.05, 3.63) is 40.6 Å². The van der Waals surface area contributed by atoms with E-state index in [0.717, 1.165) is 27.7 Å².